The van der Waals surface area contributed by atoms with Gasteiger partial charge in [-0.2, -0.15) is 0 Å². The van der Waals surface area contributed by atoms with Gasteiger partial charge in [0.2, 0.25) is 0 Å². The lowest BCUT2D eigenvalue weighted by atomic mass is 10.1. The molecule has 0 saturated carbocycles. The number of hydrogen-bond acceptors (Lipinski definition) is 1. The Labute approximate surface area is 189 Å². The molecule has 166 valence electrons. The molecule has 0 aliphatic heterocycles. The summed E-state index contributed by atoms with van der Waals surface area (Å²) in [4.78, 5) is 0. The largest absolute Gasteiger partial charge is 1.00 e. The molecular formula is C24H52INO. The maximum atomic E-state index is 9.02. The zero-order valence-corrected chi connectivity index (χ0v) is 21.3. The summed E-state index contributed by atoms with van der Waals surface area (Å²) in [7, 11) is 0. The van der Waals surface area contributed by atoms with E-state index in [0.717, 1.165) is 6.42 Å². The van der Waals surface area contributed by atoms with Crippen LogP contribution in [0, 0.1) is 0 Å². The second-order valence-corrected chi connectivity index (χ2v) is 8.56. The van der Waals surface area contributed by atoms with Crippen LogP contribution in [0.4, 0.5) is 0 Å². The van der Waals surface area contributed by atoms with Crippen LogP contribution in [-0.4, -0.2) is 42.4 Å². The number of aliphatic hydroxyl groups excluding tert-OH is 1. The highest BCUT2D eigenvalue weighted by Gasteiger charge is 2.25. The Morgan fingerprint density at radius 2 is 0.741 bits per heavy atom. The molecule has 0 fully saturated rings. The van der Waals surface area contributed by atoms with Gasteiger partial charge < -0.3 is 33.6 Å². The van der Waals surface area contributed by atoms with Gasteiger partial charge in [0.1, 0.15) is 0 Å². The van der Waals surface area contributed by atoms with Crippen molar-refractivity contribution in [3.8, 4) is 0 Å². The molecule has 0 unspecified atom stereocenters. The maximum absolute atomic E-state index is 9.02. The third-order valence-electron chi connectivity index (χ3n) is 6.00. The van der Waals surface area contributed by atoms with Crippen molar-refractivity contribution in [3.63, 3.8) is 0 Å². The van der Waals surface area contributed by atoms with Crippen molar-refractivity contribution in [2.24, 2.45) is 0 Å². The van der Waals surface area contributed by atoms with Crippen LogP contribution in [0.3, 0.4) is 0 Å². The molecule has 0 bridgehead atoms. The van der Waals surface area contributed by atoms with Crippen LogP contribution in [0.2, 0.25) is 0 Å². The number of quaternary nitrogens is 1. The molecule has 2 nitrogen and oxygen atoms in total. The SMILES string of the molecule is CCCCCC[N+](CCCCCC)(CCCCCC)CCCCCCO.[I-]. The van der Waals surface area contributed by atoms with Gasteiger partial charge in [-0.05, 0) is 57.8 Å². The molecular weight excluding hydrogens is 445 g/mol. The van der Waals surface area contributed by atoms with E-state index in [-0.39, 0.29) is 24.0 Å². The molecule has 0 radical (unpaired) electrons. The van der Waals surface area contributed by atoms with Gasteiger partial charge in [-0.25, -0.2) is 0 Å². The van der Waals surface area contributed by atoms with Crippen molar-refractivity contribution in [2.75, 3.05) is 32.8 Å². The van der Waals surface area contributed by atoms with Gasteiger partial charge >= 0.3 is 0 Å². The van der Waals surface area contributed by atoms with Gasteiger partial charge in [-0.3, -0.25) is 0 Å². The highest BCUT2D eigenvalue weighted by molar-refractivity contribution is 4.53. The summed E-state index contributed by atoms with van der Waals surface area (Å²) >= 11 is 0. The van der Waals surface area contributed by atoms with Crippen LogP contribution in [0.5, 0.6) is 0 Å². The lowest BCUT2D eigenvalue weighted by Gasteiger charge is -2.39. The Kier molecular flexibility index (Phi) is 25.4. The fraction of sp³-hybridized carbons (Fsp3) is 1.00. The van der Waals surface area contributed by atoms with Crippen molar-refractivity contribution < 1.29 is 33.6 Å². The van der Waals surface area contributed by atoms with E-state index in [4.69, 9.17) is 5.11 Å². The van der Waals surface area contributed by atoms with E-state index in [2.05, 4.69) is 20.8 Å². The molecule has 0 aliphatic carbocycles. The van der Waals surface area contributed by atoms with Crippen LogP contribution >= 0.6 is 0 Å². The summed E-state index contributed by atoms with van der Waals surface area (Å²) in [5, 5.41) is 9.02. The quantitative estimate of drug-likeness (QED) is 0.144. The second kappa shape index (κ2) is 22.9. The predicted molar refractivity (Wildman–Crippen MR) is 118 cm³/mol. The van der Waals surface area contributed by atoms with E-state index in [1.807, 2.05) is 0 Å². The van der Waals surface area contributed by atoms with Gasteiger partial charge in [-0.15, -0.1) is 0 Å². The van der Waals surface area contributed by atoms with Crippen LogP contribution in [-0.2, 0) is 0 Å². The monoisotopic (exact) mass is 497 g/mol. The van der Waals surface area contributed by atoms with Gasteiger partial charge in [0.15, 0.2) is 0 Å². The van der Waals surface area contributed by atoms with Gasteiger partial charge in [0.05, 0.1) is 26.2 Å². The number of unbranched alkanes of at least 4 members (excludes halogenated alkanes) is 12. The van der Waals surface area contributed by atoms with Gasteiger partial charge in [-0.1, -0.05) is 65.7 Å². The summed E-state index contributed by atoms with van der Waals surface area (Å²) in [6.07, 6.45) is 21.6. The highest BCUT2D eigenvalue weighted by atomic mass is 127. The predicted octanol–water partition coefficient (Wildman–Crippen LogP) is 4.10. The summed E-state index contributed by atoms with van der Waals surface area (Å²) in [6.45, 7) is 13.0. The Hall–Kier alpha value is 0.650. The fourth-order valence-electron chi connectivity index (χ4n) is 4.21. The maximum Gasteiger partial charge on any atom is 0.0786 e. The van der Waals surface area contributed by atoms with E-state index in [1.54, 1.807) is 0 Å². The first-order valence-electron chi connectivity index (χ1n) is 12.2. The Bertz CT molecular complexity index is 242. The smallest absolute Gasteiger partial charge is 0.0786 e. The van der Waals surface area contributed by atoms with Crippen LogP contribution in [0.1, 0.15) is 124 Å². The minimum absolute atomic E-state index is 0. The fourth-order valence-corrected chi connectivity index (χ4v) is 4.21. The first-order chi connectivity index (χ1) is 12.7. The third kappa shape index (κ3) is 18.4. The zero-order valence-electron chi connectivity index (χ0n) is 19.1. The Balaban J connectivity index is 0. The molecule has 0 amide bonds. The number of halogens is 1. The molecule has 0 aromatic heterocycles. The highest BCUT2D eigenvalue weighted by Crippen LogP contribution is 2.19. The topological polar surface area (TPSA) is 20.2 Å². The van der Waals surface area contributed by atoms with E-state index in [9.17, 15) is 0 Å². The number of aliphatic hydroxyl groups is 1. The molecule has 1 N–H and O–H groups in total. The van der Waals surface area contributed by atoms with E-state index in [1.165, 1.54) is 127 Å². The van der Waals surface area contributed by atoms with Crippen LogP contribution < -0.4 is 24.0 Å². The van der Waals surface area contributed by atoms with E-state index in [0.29, 0.717) is 6.61 Å². The standard InChI is InChI=1S/C24H52NO.HI/c1-4-7-10-15-20-25(21-16-11-8-5-2,22-17-12-9-6-3)23-18-13-14-19-24-26;/h26H,4-24H2,1-3H3;1H/q+1;/p-1. The van der Waals surface area contributed by atoms with E-state index >= 15 is 0 Å². The molecule has 0 aromatic carbocycles. The molecule has 0 atom stereocenters. The number of rotatable bonds is 21. The minimum atomic E-state index is 0. The molecule has 27 heavy (non-hydrogen) atoms. The molecule has 0 aromatic rings. The lowest BCUT2D eigenvalue weighted by molar-refractivity contribution is -0.929. The zero-order chi connectivity index (χ0) is 19.3. The third-order valence-corrected chi connectivity index (χ3v) is 6.00. The van der Waals surface area contributed by atoms with Crippen molar-refractivity contribution in [1.82, 2.24) is 0 Å². The van der Waals surface area contributed by atoms with Gasteiger partial charge in [0.25, 0.3) is 0 Å². The summed E-state index contributed by atoms with van der Waals surface area (Å²) in [5.74, 6) is 0. The normalized spacial score (nSPS) is 11.6. The second-order valence-electron chi connectivity index (χ2n) is 8.56. The molecule has 0 rings (SSSR count). The number of nitrogens with zero attached hydrogens (tertiary/aromatic N) is 1. The summed E-state index contributed by atoms with van der Waals surface area (Å²) in [6, 6.07) is 0. The van der Waals surface area contributed by atoms with Crippen LogP contribution in [0.25, 0.3) is 0 Å². The first-order valence-corrected chi connectivity index (χ1v) is 12.2. The molecule has 3 heteroatoms. The van der Waals surface area contributed by atoms with Crippen LogP contribution in [0.15, 0.2) is 0 Å². The van der Waals surface area contributed by atoms with Crippen molar-refractivity contribution in [3.05, 3.63) is 0 Å². The summed E-state index contributed by atoms with van der Waals surface area (Å²) < 4.78 is 1.40. The van der Waals surface area contributed by atoms with Crippen molar-refractivity contribution >= 4 is 0 Å². The minimum Gasteiger partial charge on any atom is -1.00 e. The van der Waals surface area contributed by atoms with Gasteiger partial charge in [0, 0.05) is 6.61 Å². The first kappa shape index (κ1) is 29.8. The average molecular weight is 498 g/mol. The molecule has 0 aliphatic rings. The Morgan fingerprint density at radius 1 is 0.444 bits per heavy atom. The lowest BCUT2D eigenvalue weighted by Crippen LogP contribution is -3.00. The van der Waals surface area contributed by atoms with Crippen molar-refractivity contribution in [2.45, 2.75) is 124 Å². The number of hydrogen-bond donors (Lipinski definition) is 1. The average Bonchev–Trinajstić information content (AvgIpc) is 2.65. The summed E-state index contributed by atoms with van der Waals surface area (Å²) in [5.41, 5.74) is 0. The van der Waals surface area contributed by atoms with E-state index < -0.39 is 0 Å². The molecule has 0 heterocycles. The van der Waals surface area contributed by atoms with Crippen molar-refractivity contribution in [1.29, 1.82) is 0 Å². The molecule has 0 spiro atoms. The molecule has 0 saturated heterocycles. The Morgan fingerprint density at radius 3 is 1.04 bits per heavy atom.